The van der Waals surface area contributed by atoms with E-state index in [0.717, 1.165) is 5.75 Å². The Morgan fingerprint density at radius 3 is 2.86 bits per heavy atom. The van der Waals surface area contributed by atoms with Gasteiger partial charge >= 0.3 is 0 Å². The Morgan fingerprint density at radius 2 is 2.18 bits per heavy atom. The number of aromatic amines is 1. The highest BCUT2D eigenvalue weighted by atomic mass is 32.2. The second kappa shape index (κ2) is 6.96. The van der Waals surface area contributed by atoms with Gasteiger partial charge in [-0.2, -0.15) is 16.9 Å². The van der Waals surface area contributed by atoms with Crippen LogP contribution in [0.1, 0.15) is 31.1 Å². The Morgan fingerprint density at radius 1 is 1.41 bits per heavy atom. The number of carbonyl (C=O) groups is 1. The highest BCUT2D eigenvalue weighted by molar-refractivity contribution is 8.00. The molecule has 2 rings (SSSR count). The van der Waals surface area contributed by atoms with Crippen molar-refractivity contribution in [2.75, 3.05) is 12.3 Å². The number of benzene rings is 1. The third kappa shape index (κ3) is 4.59. The number of H-pyrrole nitrogens is 1. The first-order valence-corrected chi connectivity index (χ1v) is 8.07. The van der Waals surface area contributed by atoms with Crippen LogP contribution in [0.3, 0.4) is 0 Å². The molecule has 0 aliphatic rings. The number of rotatable bonds is 5. The molecular weight excluding hydrogens is 301 g/mol. The lowest BCUT2D eigenvalue weighted by atomic mass is 10.1. The molecule has 1 aromatic heterocycles. The minimum atomic E-state index is -0.347. The minimum absolute atomic E-state index is 0.174. The molecule has 1 aromatic carbocycles. The molecule has 0 bridgehead atoms. The van der Waals surface area contributed by atoms with Gasteiger partial charge in [-0.05, 0) is 12.1 Å². The fraction of sp³-hybridized carbons (Fsp3) is 0.375. The predicted octanol–water partition coefficient (Wildman–Crippen LogP) is 3.48. The van der Waals surface area contributed by atoms with Gasteiger partial charge in [-0.3, -0.25) is 9.89 Å². The maximum atomic E-state index is 13.3. The first-order chi connectivity index (χ1) is 10.4. The zero-order valence-corrected chi connectivity index (χ0v) is 13.8. The van der Waals surface area contributed by atoms with E-state index in [2.05, 4.69) is 36.3 Å². The molecule has 2 N–H and O–H groups in total. The van der Waals surface area contributed by atoms with Crippen LogP contribution in [0.4, 0.5) is 4.39 Å². The van der Waals surface area contributed by atoms with E-state index in [4.69, 9.17) is 0 Å². The SMILES string of the molecule is CC(C)(C)SCCNC(=O)c1cn[nH]c1-c1cccc(F)c1. The molecule has 0 saturated carbocycles. The molecule has 6 heteroatoms. The maximum absolute atomic E-state index is 13.3. The van der Waals surface area contributed by atoms with Crippen LogP contribution >= 0.6 is 11.8 Å². The molecule has 2 aromatic rings. The number of halogens is 1. The summed E-state index contributed by atoms with van der Waals surface area (Å²) in [5, 5.41) is 9.53. The van der Waals surface area contributed by atoms with Crippen molar-refractivity contribution >= 4 is 17.7 Å². The quantitative estimate of drug-likeness (QED) is 0.829. The fourth-order valence-corrected chi connectivity index (χ4v) is 2.76. The van der Waals surface area contributed by atoms with Crippen molar-refractivity contribution in [1.82, 2.24) is 15.5 Å². The summed E-state index contributed by atoms with van der Waals surface area (Å²) in [6.07, 6.45) is 1.46. The number of hydrogen-bond donors (Lipinski definition) is 2. The van der Waals surface area contributed by atoms with Crippen LogP contribution in [0, 0.1) is 5.82 Å². The minimum Gasteiger partial charge on any atom is -0.351 e. The molecule has 0 spiro atoms. The molecule has 118 valence electrons. The molecule has 4 nitrogen and oxygen atoms in total. The van der Waals surface area contributed by atoms with Gasteiger partial charge in [0.15, 0.2) is 0 Å². The first-order valence-electron chi connectivity index (χ1n) is 7.08. The molecule has 0 aliphatic carbocycles. The molecule has 1 heterocycles. The van der Waals surface area contributed by atoms with Crippen molar-refractivity contribution < 1.29 is 9.18 Å². The molecule has 1 amide bonds. The van der Waals surface area contributed by atoms with Crippen LogP contribution in [0.5, 0.6) is 0 Å². The third-order valence-electron chi connectivity index (χ3n) is 2.92. The molecule has 0 fully saturated rings. The zero-order chi connectivity index (χ0) is 16.2. The molecule has 22 heavy (non-hydrogen) atoms. The van der Waals surface area contributed by atoms with Crippen molar-refractivity contribution in [3.05, 3.63) is 41.8 Å². The van der Waals surface area contributed by atoms with E-state index in [9.17, 15) is 9.18 Å². The summed E-state index contributed by atoms with van der Waals surface area (Å²) >= 11 is 1.79. The number of hydrogen-bond acceptors (Lipinski definition) is 3. The molecule has 0 radical (unpaired) electrons. The summed E-state index contributed by atoms with van der Waals surface area (Å²) in [5.41, 5.74) is 1.55. The number of nitrogens with zero attached hydrogens (tertiary/aromatic N) is 1. The van der Waals surface area contributed by atoms with E-state index >= 15 is 0 Å². The van der Waals surface area contributed by atoms with Crippen molar-refractivity contribution in [3.8, 4) is 11.3 Å². The van der Waals surface area contributed by atoms with Crippen molar-refractivity contribution in [1.29, 1.82) is 0 Å². The number of nitrogens with one attached hydrogen (secondary N) is 2. The average Bonchev–Trinajstić information content (AvgIpc) is 2.92. The number of amides is 1. The molecule has 0 unspecified atom stereocenters. The van der Waals surface area contributed by atoms with Gasteiger partial charge in [0.1, 0.15) is 5.82 Å². The Hall–Kier alpha value is -1.82. The summed E-state index contributed by atoms with van der Waals surface area (Å²) in [5.74, 6) is 0.283. The molecule has 0 saturated heterocycles. The normalized spacial score (nSPS) is 11.5. The average molecular weight is 321 g/mol. The Labute approximate surface area is 133 Å². The topological polar surface area (TPSA) is 57.8 Å². The second-order valence-electron chi connectivity index (χ2n) is 5.89. The predicted molar refractivity (Wildman–Crippen MR) is 88.5 cm³/mol. The van der Waals surface area contributed by atoms with Gasteiger partial charge in [0.2, 0.25) is 0 Å². The van der Waals surface area contributed by atoms with Gasteiger partial charge in [0, 0.05) is 22.6 Å². The van der Waals surface area contributed by atoms with Crippen LogP contribution in [-0.2, 0) is 0 Å². The van der Waals surface area contributed by atoms with E-state index in [1.165, 1.54) is 18.3 Å². The maximum Gasteiger partial charge on any atom is 0.255 e. The van der Waals surface area contributed by atoms with Crippen LogP contribution in [-0.4, -0.2) is 33.1 Å². The van der Waals surface area contributed by atoms with Gasteiger partial charge in [-0.1, -0.05) is 32.9 Å². The van der Waals surface area contributed by atoms with E-state index < -0.39 is 0 Å². The van der Waals surface area contributed by atoms with Gasteiger partial charge < -0.3 is 5.32 Å². The van der Waals surface area contributed by atoms with E-state index in [1.807, 2.05) is 0 Å². The lowest BCUT2D eigenvalue weighted by molar-refractivity contribution is 0.0957. The standard InChI is InChI=1S/C16H20FN3OS/c1-16(2,3)22-8-7-18-15(21)13-10-19-20-14(13)11-5-4-6-12(17)9-11/h4-6,9-10H,7-8H2,1-3H3,(H,18,21)(H,19,20). The monoisotopic (exact) mass is 321 g/mol. The summed E-state index contributed by atoms with van der Waals surface area (Å²) in [6.45, 7) is 6.99. The largest absolute Gasteiger partial charge is 0.351 e. The summed E-state index contributed by atoms with van der Waals surface area (Å²) in [7, 11) is 0. The molecule has 0 aliphatic heterocycles. The number of aromatic nitrogens is 2. The van der Waals surface area contributed by atoms with Gasteiger partial charge in [0.05, 0.1) is 17.5 Å². The van der Waals surface area contributed by atoms with Gasteiger partial charge in [0.25, 0.3) is 5.91 Å². The highest BCUT2D eigenvalue weighted by Gasteiger charge is 2.16. The number of carbonyl (C=O) groups excluding carboxylic acids is 1. The van der Waals surface area contributed by atoms with Crippen LogP contribution in [0.2, 0.25) is 0 Å². The van der Waals surface area contributed by atoms with Crippen molar-refractivity contribution in [2.45, 2.75) is 25.5 Å². The summed E-state index contributed by atoms with van der Waals surface area (Å²) < 4.78 is 13.5. The molecular formula is C16H20FN3OS. The van der Waals surface area contributed by atoms with Gasteiger partial charge in [-0.25, -0.2) is 4.39 Å². The van der Waals surface area contributed by atoms with Crippen LogP contribution < -0.4 is 5.32 Å². The van der Waals surface area contributed by atoms with Crippen LogP contribution in [0.15, 0.2) is 30.5 Å². The summed E-state index contributed by atoms with van der Waals surface area (Å²) in [6, 6.07) is 6.08. The summed E-state index contributed by atoms with van der Waals surface area (Å²) in [4.78, 5) is 12.2. The number of thioether (sulfide) groups is 1. The van der Waals surface area contributed by atoms with Gasteiger partial charge in [-0.15, -0.1) is 0 Å². The van der Waals surface area contributed by atoms with E-state index in [1.54, 1.807) is 23.9 Å². The Kier molecular flexibility index (Phi) is 5.24. The lowest BCUT2D eigenvalue weighted by Crippen LogP contribution is -2.27. The fourth-order valence-electron chi connectivity index (χ4n) is 1.94. The first kappa shape index (κ1) is 16.5. The van der Waals surface area contributed by atoms with E-state index in [-0.39, 0.29) is 16.5 Å². The van der Waals surface area contributed by atoms with Crippen molar-refractivity contribution in [3.63, 3.8) is 0 Å². The van der Waals surface area contributed by atoms with E-state index in [0.29, 0.717) is 23.4 Å². The zero-order valence-electron chi connectivity index (χ0n) is 12.9. The third-order valence-corrected chi connectivity index (χ3v) is 4.19. The Bertz CT molecular complexity index is 649. The van der Waals surface area contributed by atoms with Crippen molar-refractivity contribution in [2.24, 2.45) is 0 Å². The molecule has 0 atom stereocenters. The van der Waals surface area contributed by atoms with Crippen LogP contribution in [0.25, 0.3) is 11.3 Å². The Balaban J connectivity index is 2.01. The smallest absolute Gasteiger partial charge is 0.255 e. The highest BCUT2D eigenvalue weighted by Crippen LogP contribution is 2.23. The lowest BCUT2D eigenvalue weighted by Gasteiger charge is -2.17. The second-order valence-corrected chi connectivity index (χ2v) is 7.81.